The lowest BCUT2D eigenvalue weighted by molar-refractivity contribution is -0.00176. The number of benzene rings is 1. The highest BCUT2D eigenvalue weighted by atomic mass is 19.1. The SMILES string of the molecule is CC(C)OCCOC(C)C(=O)c1ccc(F)cc1. The molecule has 0 amide bonds. The molecule has 0 saturated heterocycles. The van der Waals surface area contributed by atoms with Crippen LogP contribution in [-0.2, 0) is 9.47 Å². The summed E-state index contributed by atoms with van der Waals surface area (Å²) in [5.74, 6) is -0.509. The summed E-state index contributed by atoms with van der Waals surface area (Å²) >= 11 is 0. The minimum atomic E-state index is -0.550. The first-order valence-corrected chi connectivity index (χ1v) is 6.03. The Balaban J connectivity index is 2.39. The van der Waals surface area contributed by atoms with Crippen LogP contribution in [0.15, 0.2) is 24.3 Å². The number of ether oxygens (including phenoxy) is 2. The average Bonchev–Trinajstić information content (AvgIpc) is 2.34. The zero-order chi connectivity index (χ0) is 13.5. The fraction of sp³-hybridized carbons (Fsp3) is 0.500. The normalized spacial score (nSPS) is 12.7. The van der Waals surface area contributed by atoms with Crippen molar-refractivity contribution in [2.45, 2.75) is 33.0 Å². The largest absolute Gasteiger partial charge is 0.376 e. The number of Topliss-reactive ketones (excluding diaryl/α,β-unsaturated/α-hetero) is 1. The average molecular weight is 254 g/mol. The molecular formula is C14H19FO3. The lowest BCUT2D eigenvalue weighted by Gasteiger charge is -2.13. The van der Waals surface area contributed by atoms with Crippen molar-refractivity contribution in [3.63, 3.8) is 0 Å². The standard InChI is InChI=1S/C14H19FO3/c1-10(2)17-8-9-18-11(3)14(16)12-4-6-13(15)7-5-12/h4-7,10-11H,8-9H2,1-3H3. The monoisotopic (exact) mass is 254 g/mol. The predicted octanol–water partition coefficient (Wildman–Crippen LogP) is 2.84. The van der Waals surface area contributed by atoms with Gasteiger partial charge in [0.1, 0.15) is 11.9 Å². The summed E-state index contributed by atoms with van der Waals surface area (Å²) in [5.41, 5.74) is 0.452. The Labute approximate surface area is 107 Å². The fourth-order valence-corrected chi connectivity index (χ4v) is 1.43. The number of hydrogen-bond acceptors (Lipinski definition) is 3. The maximum Gasteiger partial charge on any atom is 0.191 e. The van der Waals surface area contributed by atoms with Crippen LogP contribution in [0.1, 0.15) is 31.1 Å². The summed E-state index contributed by atoms with van der Waals surface area (Å²) in [6.07, 6.45) is -0.400. The van der Waals surface area contributed by atoms with Gasteiger partial charge in [0.25, 0.3) is 0 Å². The molecule has 0 bridgehead atoms. The fourth-order valence-electron chi connectivity index (χ4n) is 1.43. The molecule has 0 radical (unpaired) electrons. The van der Waals surface area contributed by atoms with Gasteiger partial charge in [-0.2, -0.15) is 0 Å². The van der Waals surface area contributed by atoms with Crippen LogP contribution in [0, 0.1) is 5.82 Å². The van der Waals surface area contributed by atoms with Gasteiger partial charge in [0.05, 0.1) is 19.3 Å². The Hall–Kier alpha value is -1.26. The highest BCUT2D eigenvalue weighted by molar-refractivity contribution is 5.99. The van der Waals surface area contributed by atoms with Crippen molar-refractivity contribution in [3.8, 4) is 0 Å². The van der Waals surface area contributed by atoms with Gasteiger partial charge in [-0.15, -0.1) is 0 Å². The second-order valence-electron chi connectivity index (χ2n) is 4.30. The molecule has 0 heterocycles. The molecule has 100 valence electrons. The second kappa shape index (κ2) is 7.24. The van der Waals surface area contributed by atoms with E-state index in [2.05, 4.69) is 0 Å². The van der Waals surface area contributed by atoms with E-state index in [1.165, 1.54) is 24.3 Å². The third kappa shape index (κ3) is 4.94. The molecule has 18 heavy (non-hydrogen) atoms. The van der Waals surface area contributed by atoms with E-state index in [0.29, 0.717) is 18.8 Å². The molecule has 0 aromatic heterocycles. The Morgan fingerprint density at radius 1 is 1.11 bits per heavy atom. The van der Waals surface area contributed by atoms with Crippen LogP contribution in [0.2, 0.25) is 0 Å². The first-order valence-electron chi connectivity index (χ1n) is 6.03. The molecule has 0 fully saturated rings. The Morgan fingerprint density at radius 2 is 1.67 bits per heavy atom. The number of ketones is 1. The summed E-state index contributed by atoms with van der Waals surface area (Å²) in [6, 6.07) is 5.45. The van der Waals surface area contributed by atoms with Crippen molar-refractivity contribution in [3.05, 3.63) is 35.6 Å². The predicted molar refractivity (Wildman–Crippen MR) is 67.2 cm³/mol. The number of halogens is 1. The number of carbonyl (C=O) groups excluding carboxylic acids is 1. The zero-order valence-corrected chi connectivity index (χ0v) is 11.0. The van der Waals surface area contributed by atoms with Crippen LogP contribution in [0.3, 0.4) is 0 Å². The number of carbonyl (C=O) groups is 1. The van der Waals surface area contributed by atoms with E-state index in [1.54, 1.807) is 6.92 Å². The molecule has 1 unspecified atom stereocenters. The molecule has 0 aliphatic carbocycles. The van der Waals surface area contributed by atoms with Crippen LogP contribution in [-0.4, -0.2) is 31.2 Å². The highest BCUT2D eigenvalue weighted by Gasteiger charge is 2.15. The van der Waals surface area contributed by atoms with Crippen molar-refractivity contribution in [2.75, 3.05) is 13.2 Å². The van der Waals surface area contributed by atoms with Gasteiger partial charge in [0, 0.05) is 5.56 Å². The van der Waals surface area contributed by atoms with E-state index in [1.807, 2.05) is 13.8 Å². The molecule has 0 saturated carbocycles. The van der Waals surface area contributed by atoms with Gasteiger partial charge >= 0.3 is 0 Å². The Bertz CT molecular complexity index is 373. The molecule has 0 aliphatic rings. The summed E-state index contributed by atoms with van der Waals surface area (Å²) in [5, 5.41) is 0. The van der Waals surface area contributed by atoms with Crippen molar-refractivity contribution in [1.29, 1.82) is 0 Å². The molecule has 0 aliphatic heterocycles. The van der Waals surface area contributed by atoms with Crippen molar-refractivity contribution in [2.24, 2.45) is 0 Å². The van der Waals surface area contributed by atoms with Crippen molar-refractivity contribution >= 4 is 5.78 Å². The molecule has 0 spiro atoms. The second-order valence-corrected chi connectivity index (χ2v) is 4.30. The molecule has 1 aromatic rings. The van der Waals surface area contributed by atoms with Crippen LogP contribution in [0.5, 0.6) is 0 Å². The Morgan fingerprint density at radius 3 is 2.22 bits per heavy atom. The molecule has 1 aromatic carbocycles. The van der Waals surface area contributed by atoms with Crippen molar-refractivity contribution in [1.82, 2.24) is 0 Å². The summed E-state index contributed by atoms with van der Waals surface area (Å²) in [7, 11) is 0. The number of rotatable bonds is 7. The van der Waals surface area contributed by atoms with Gasteiger partial charge in [-0.05, 0) is 45.0 Å². The summed E-state index contributed by atoms with van der Waals surface area (Å²) < 4.78 is 23.4. The summed E-state index contributed by atoms with van der Waals surface area (Å²) in [6.45, 7) is 6.38. The molecule has 4 heteroatoms. The quantitative estimate of drug-likeness (QED) is 0.554. The molecule has 1 rings (SSSR count). The van der Waals surface area contributed by atoms with E-state index in [9.17, 15) is 9.18 Å². The highest BCUT2D eigenvalue weighted by Crippen LogP contribution is 2.08. The van der Waals surface area contributed by atoms with Gasteiger partial charge < -0.3 is 9.47 Å². The topological polar surface area (TPSA) is 35.5 Å². The minimum absolute atomic E-state index is 0.150. The smallest absolute Gasteiger partial charge is 0.191 e. The van der Waals surface area contributed by atoms with Crippen LogP contribution in [0.4, 0.5) is 4.39 Å². The Kier molecular flexibility index (Phi) is 5.95. The van der Waals surface area contributed by atoms with Crippen molar-refractivity contribution < 1.29 is 18.7 Å². The van der Waals surface area contributed by atoms with Crippen LogP contribution < -0.4 is 0 Å². The van der Waals surface area contributed by atoms with E-state index >= 15 is 0 Å². The van der Waals surface area contributed by atoms with Gasteiger partial charge in [-0.3, -0.25) is 4.79 Å². The van der Waals surface area contributed by atoms with Gasteiger partial charge in [0.2, 0.25) is 0 Å². The minimum Gasteiger partial charge on any atom is -0.376 e. The first-order chi connectivity index (χ1) is 8.50. The van der Waals surface area contributed by atoms with E-state index < -0.39 is 6.10 Å². The first kappa shape index (κ1) is 14.8. The molecule has 1 atom stereocenters. The lowest BCUT2D eigenvalue weighted by atomic mass is 10.1. The number of hydrogen-bond donors (Lipinski definition) is 0. The zero-order valence-electron chi connectivity index (χ0n) is 11.0. The summed E-state index contributed by atoms with van der Waals surface area (Å²) in [4.78, 5) is 11.9. The third-order valence-corrected chi connectivity index (χ3v) is 2.40. The van der Waals surface area contributed by atoms with E-state index in [4.69, 9.17) is 9.47 Å². The third-order valence-electron chi connectivity index (χ3n) is 2.40. The molecule has 3 nitrogen and oxygen atoms in total. The van der Waals surface area contributed by atoms with Crippen LogP contribution >= 0.6 is 0 Å². The van der Waals surface area contributed by atoms with Gasteiger partial charge in [0.15, 0.2) is 5.78 Å². The maximum atomic E-state index is 12.7. The van der Waals surface area contributed by atoms with Gasteiger partial charge in [-0.25, -0.2) is 4.39 Å². The maximum absolute atomic E-state index is 12.7. The van der Waals surface area contributed by atoms with E-state index in [0.717, 1.165) is 0 Å². The van der Waals surface area contributed by atoms with E-state index in [-0.39, 0.29) is 17.7 Å². The molecule has 0 N–H and O–H groups in total. The lowest BCUT2D eigenvalue weighted by Crippen LogP contribution is -2.23. The van der Waals surface area contributed by atoms with Crippen LogP contribution in [0.25, 0.3) is 0 Å². The van der Waals surface area contributed by atoms with Gasteiger partial charge in [-0.1, -0.05) is 0 Å². The molecular weight excluding hydrogens is 235 g/mol.